The number of esters is 1. The van der Waals surface area contributed by atoms with Crippen LogP contribution in [-0.2, 0) is 14.3 Å². The maximum Gasteiger partial charge on any atom is 0.334 e. The molecule has 0 saturated carbocycles. The molecule has 0 spiro atoms. The Morgan fingerprint density at radius 1 is 1.24 bits per heavy atom. The molecule has 0 fully saturated rings. The molecule has 0 aliphatic heterocycles. The zero-order chi connectivity index (χ0) is 15.5. The van der Waals surface area contributed by atoms with Gasteiger partial charge in [-0.15, -0.1) is 0 Å². The van der Waals surface area contributed by atoms with Crippen LogP contribution in [0.2, 0.25) is 0 Å². The average molecular weight is 290 g/mol. The van der Waals surface area contributed by atoms with Crippen molar-refractivity contribution in [1.29, 1.82) is 0 Å². The molecule has 3 heteroatoms. The summed E-state index contributed by atoms with van der Waals surface area (Å²) >= 11 is 0. The summed E-state index contributed by atoms with van der Waals surface area (Å²) in [5.74, 6) is 0.637. The molecule has 0 aliphatic rings. The largest absolute Gasteiger partial charge is 0.496 e. The van der Waals surface area contributed by atoms with Gasteiger partial charge in [0.2, 0.25) is 0 Å². The highest BCUT2D eigenvalue weighted by molar-refractivity contribution is 5.89. The van der Waals surface area contributed by atoms with E-state index >= 15 is 0 Å². The minimum atomic E-state index is -0.342. The van der Waals surface area contributed by atoms with E-state index in [1.807, 2.05) is 30.3 Å². The Kier molecular flexibility index (Phi) is 8.25. The molecule has 1 aromatic carbocycles. The minimum absolute atomic E-state index is 0.342. The first-order valence-electron chi connectivity index (χ1n) is 7.69. The van der Waals surface area contributed by atoms with Crippen molar-refractivity contribution in [3.8, 4) is 0 Å². The number of ether oxygens (including phenoxy) is 2. The van der Waals surface area contributed by atoms with Gasteiger partial charge in [0, 0.05) is 5.56 Å². The van der Waals surface area contributed by atoms with Crippen molar-refractivity contribution in [3.63, 3.8) is 0 Å². The van der Waals surface area contributed by atoms with Crippen molar-refractivity contribution >= 4 is 11.7 Å². The number of benzene rings is 1. The molecule has 0 radical (unpaired) electrons. The third-order valence-corrected chi connectivity index (χ3v) is 3.53. The fourth-order valence-electron chi connectivity index (χ4n) is 2.11. The van der Waals surface area contributed by atoms with E-state index < -0.39 is 0 Å². The van der Waals surface area contributed by atoms with Crippen molar-refractivity contribution < 1.29 is 14.3 Å². The van der Waals surface area contributed by atoms with Gasteiger partial charge >= 0.3 is 5.97 Å². The maximum atomic E-state index is 11.9. The molecular formula is C18H26O3. The van der Waals surface area contributed by atoms with Crippen molar-refractivity contribution in [2.75, 3.05) is 13.7 Å². The number of rotatable bonds is 9. The van der Waals surface area contributed by atoms with Crippen LogP contribution < -0.4 is 0 Å². The van der Waals surface area contributed by atoms with Gasteiger partial charge in [-0.25, -0.2) is 4.79 Å². The minimum Gasteiger partial charge on any atom is -0.496 e. The zero-order valence-electron chi connectivity index (χ0n) is 13.3. The van der Waals surface area contributed by atoms with Crippen LogP contribution in [0.5, 0.6) is 0 Å². The Morgan fingerprint density at radius 2 is 1.95 bits per heavy atom. The van der Waals surface area contributed by atoms with E-state index in [2.05, 4.69) is 13.8 Å². The zero-order valence-corrected chi connectivity index (χ0v) is 13.3. The van der Waals surface area contributed by atoms with Gasteiger partial charge in [0.25, 0.3) is 0 Å². The van der Waals surface area contributed by atoms with E-state index in [1.165, 1.54) is 18.9 Å². The summed E-state index contributed by atoms with van der Waals surface area (Å²) in [6.07, 6.45) is 5.92. The Hall–Kier alpha value is -1.77. The maximum absolute atomic E-state index is 11.9. The number of hydrogen-bond donors (Lipinski definition) is 0. The normalized spacial score (nSPS) is 12.8. The van der Waals surface area contributed by atoms with E-state index in [-0.39, 0.29) is 5.97 Å². The second-order valence-corrected chi connectivity index (χ2v) is 5.13. The van der Waals surface area contributed by atoms with Crippen LogP contribution in [0.4, 0.5) is 0 Å². The van der Waals surface area contributed by atoms with Gasteiger partial charge in [-0.05, 0) is 12.3 Å². The van der Waals surface area contributed by atoms with E-state index in [9.17, 15) is 4.79 Å². The Morgan fingerprint density at radius 3 is 2.52 bits per heavy atom. The van der Waals surface area contributed by atoms with Crippen LogP contribution >= 0.6 is 0 Å². The molecule has 1 rings (SSSR count). The predicted molar refractivity (Wildman–Crippen MR) is 85.7 cm³/mol. The molecule has 0 amide bonds. The lowest BCUT2D eigenvalue weighted by atomic mass is 10.0. The number of carbonyl (C=O) groups excluding carboxylic acids is 1. The summed E-state index contributed by atoms with van der Waals surface area (Å²) in [5, 5.41) is 0. The van der Waals surface area contributed by atoms with Crippen LogP contribution in [-0.4, -0.2) is 19.7 Å². The number of hydrogen-bond acceptors (Lipinski definition) is 3. The van der Waals surface area contributed by atoms with E-state index in [0.717, 1.165) is 18.4 Å². The standard InChI is InChI=1S/C18H26O3/c1-4-6-10-15(5-2)14-21-18(19)13-17(20-3)16-11-8-7-9-12-16/h7-9,11-13,15H,4-6,10,14H2,1-3H3/b17-13-. The van der Waals surface area contributed by atoms with Crippen molar-refractivity contribution in [2.45, 2.75) is 39.5 Å². The van der Waals surface area contributed by atoms with Gasteiger partial charge in [0.1, 0.15) is 5.76 Å². The number of carbonyl (C=O) groups is 1. The Bertz CT molecular complexity index is 437. The first-order valence-corrected chi connectivity index (χ1v) is 7.69. The molecule has 3 nitrogen and oxygen atoms in total. The summed E-state index contributed by atoms with van der Waals surface area (Å²) in [7, 11) is 1.56. The van der Waals surface area contributed by atoms with Crippen LogP contribution in [0.3, 0.4) is 0 Å². The molecule has 1 aromatic rings. The fraction of sp³-hybridized carbons (Fsp3) is 0.500. The molecule has 21 heavy (non-hydrogen) atoms. The molecule has 1 atom stereocenters. The van der Waals surface area contributed by atoms with Crippen molar-refractivity contribution in [2.24, 2.45) is 5.92 Å². The van der Waals surface area contributed by atoms with Crippen LogP contribution in [0.15, 0.2) is 36.4 Å². The molecule has 1 unspecified atom stereocenters. The lowest BCUT2D eigenvalue weighted by molar-refractivity contribution is -0.139. The second-order valence-electron chi connectivity index (χ2n) is 5.13. The summed E-state index contributed by atoms with van der Waals surface area (Å²) in [5.41, 5.74) is 0.870. The lowest BCUT2D eigenvalue weighted by Gasteiger charge is -2.14. The molecule has 0 saturated heterocycles. The Balaban J connectivity index is 2.56. The molecule has 0 heterocycles. The first-order chi connectivity index (χ1) is 10.2. The predicted octanol–water partition coefficient (Wildman–Crippen LogP) is 4.43. The van der Waals surface area contributed by atoms with Gasteiger partial charge in [-0.2, -0.15) is 0 Å². The molecule has 116 valence electrons. The van der Waals surface area contributed by atoms with Crippen LogP contribution in [0.1, 0.15) is 45.1 Å². The third-order valence-electron chi connectivity index (χ3n) is 3.53. The summed E-state index contributed by atoms with van der Waals surface area (Å²) in [4.78, 5) is 11.9. The molecule has 0 aromatic heterocycles. The van der Waals surface area contributed by atoms with Crippen molar-refractivity contribution in [1.82, 2.24) is 0 Å². The smallest absolute Gasteiger partial charge is 0.334 e. The molecule has 0 bridgehead atoms. The van der Waals surface area contributed by atoms with Gasteiger partial charge in [-0.1, -0.05) is 63.4 Å². The summed E-state index contributed by atoms with van der Waals surface area (Å²) in [6.45, 7) is 4.79. The second kappa shape index (κ2) is 10.0. The Labute approximate surface area is 128 Å². The topological polar surface area (TPSA) is 35.5 Å². The molecular weight excluding hydrogens is 264 g/mol. The van der Waals surface area contributed by atoms with Crippen LogP contribution in [0.25, 0.3) is 5.76 Å². The van der Waals surface area contributed by atoms with Gasteiger partial charge < -0.3 is 9.47 Å². The van der Waals surface area contributed by atoms with Crippen molar-refractivity contribution in [3.05, 3.63) is 42.0 Å². The monoisotopic (exact) mass is 290 g/mol. The molecule has 0 N–H and O–H groups in total. The van der Waals surface area contributed by atoms with Gasteiger partial charge in [0.15, 0.2) is 0 Å². The van der Waals surface area contributed by atoms with E-state index in [4.69, 9.17) is 9.47 Å². The van der Waals surface area contributed by atoms with E-state index in [1.54, 1.807) is 7.11 Å². The first kappa shape index (κ1) is 17.3. The van der Waals surface area contributed by atoms with Gasteiger partial charge in [0.05, 0.1) is 19.8 Å². The summed E-state index contributed by atoms with van der Waals surface area (Å²) in [6, 6.07) is 9.54. The highest BCUT2D eigenvalue weighted by Crippen LogP contribution is 2.16. The number of unbranched alkanes of at least 4 members (excludes halogenated alkanes) is 1. The molecule has 0 aliphatic carbocycles. The lowest BCUT2D eigenvalue weighted by Crippen LogP contribution is -2.12. The van der Waals surface area contributed by atoms with E-state index in [0.29, 0.717) is 18.3 Å². The SMILES string of the molecule is CCCCC(CC)COC(=O)/C=C(\OC)c1ccccc1. The van der Waals surface area contributed by atoms with Crippen LogP contribution in [0, 0.1) is 5.92 Å². The highest BCUT2D eigenvalue weighted by Gasteiger charge is 2.10. The quantitative estimate of drug-likeness (QED) is 0.383. The summed E-state index contributed by atoms with van der Waals surface area (Å²) < 4.78 is 10.6. The average Bonchev–Trinajstić information content (AvgIpc) is 2.53. The van der Waals surface area contributed by atoms with Gasteiger partial charge in [-0.3, -0.25) is 0 Å². The fourth-order valence-corrected chi connectivity index (χ4v) is 2.11. The third kappa shape index (κ3) is 6.48. The number of methoxy groups -OCH3 is 1. The highest BCUT2D eigenvalue weighted by atomic mass is 16.5.